The van der Waals surface area contributed by atoms with Crippen LogP contribution in [0.4, 0.5) is 4.79 Å². The molecule has 2 heterocycles. The lowest BCUT2D eigenvalue weighted by molar-refractivity contribution is 0.167. The van der Waals surface area contributed by atoms with Gasteiger partial charge in [0.1, 0.15) is 0 Å². The molecule has 2 saturated heterocycles. The van der Waals surface area contributed by atoms with Gasteiger partial charge in [0.25, 0.3) is 0 Å². The number of rotatable bonds is 2. The highest BCUT2D eigenvalue weighted by atomic mass is 16.2. The molecule has 0 aromatic rings. The van der Waals surface area contributed by atoms with Crippen molar-refractivity contribution in [1.29, 1.82) is 0 Å². The van der Waals surface area contributed by atoms with Crippen molar-refractivity contribution in [3.05, 3.63) is 0 Å². The molecule has 4 nitrogen and oxygen atoms in total. The summed E-state index contributed by atoms with van der Waals surface area (Å²) in [6, 6.07) is 0.736. The minimum atomic E-state index is 0.249. The van der Waals surface area contributed by atoms with Gasteiger partial charge in [-0.05, 0) is 32.9 Å². The maximum atomic E-state index is 11.9. The molecule has 0 aromatic carbocycles. The lowest BCUT2D eigenvalue weighted by Crippen LogP contribution is -2.45. The predicted molar refractivity (Wildman–Crippen MR) is 55.2 cm³/mol. The van der Waals surface area contributed by atoms with Crippen LogP contribution in [0.25, 0.3) is 0 Å². The van der Waals surface area contributed by atoms with Crippen LogP contribution in [0.5, 0.6) is 0 Å². The van der Waals surface area contributed by atoms with Gasteiger partial charge in [0.05, 0.1) is 0 Å². The Morgan fingerprint density at radius 1 is 1.36 bits per heavy atom. The van der Waals surface area contributed by atoms with Crippen molar-refractivity contribution in [3.63, 3.8) is 0 Å². The highest BCUT2D eigenvalue weighted by Crippen LogP contribution is 2.18. The molecule has 2 aliphatic heterocycles. The average molecular weight is 197 g/mol. The van der Waals surface area contributed by atoms with Crippen LogP contribution in [0.15, 0.2) is 0 Å². The molecular weight excluding hydrogens is 178 g/mol. The van der Waals surface area contributed by atoms with E-state index in [1.165, 1.54) is 0 Å². The van der Waals surface area contributed by atoms with Crippen molar-refractivity contribution in [2.45, 2.75) is 25.8 Å². The Labute approximate surface area is 85.2 Å². The van der Waals surface area contributed by atoms with E-state index >= 15 is 0 Å². The summed E-state index contributed by atoms with van der Waals surface area (Å²) in [4.78, 5) is 15.9. The van der Waals surface area contributed by atoms with E-state index in [9.17, 15) is 4.79 Å². The van der Waals surface area contributed by atoms with E-state index < -0.39 is 0 Å². The van der Waals surface area contributed by atoms with Crippen LogP contribution in [0.2, 0.25) is 0 Å². The van der Waals surface area contributed by atoms with Gasteiger partial charge in [-0.3, -0.25) is 0 Å². The molecule has 0 spiro atoms. The van der Waals surface area contributed by atoms with Crippen molar-refractivity contribution >= 4 is 6.03 Å². The van der Waals surface area contributed by atoms with Crippen molar-refractivity contribution in [1.82, 2.24) is 15.1 Å². The summed E-state index contributed by atoms with van der Waals surface area (Å²) < 4.78 is 0. The Hall–Kier alpha value is -0.770. The lowest BCUT2D eigenvalue weighted by Gasteiger charge is -2.31. The summed E-state index contributed by atoms with van der Waals surface area (Å²) in [5.41, 5.74) is 0. The molecule has 2 rings (SSSR count). The van der Waals surface area contributed by atoms with Crippen LogP contribution >= 0.6 is 0 Å². The number of carbonyl (C=O) groups excluding carboxylic acids is 1. The van der Waals surface area contributed by atoms with Crippen molar-refractivity contribution in [2.75, 3.05) is 32.7 Å². The van der Waals surface area contributed by atoms with Crippen molar-refractivity contribution < 1.29 is 4.79 Å². The maximum Gasteiger partial charge on any atom is 0.320 e. The van der Waals surface area contributed by atoms with E-state index in [0.717, 1.165) is 45.6 Å². The Kier molecular flexibility index (Phi) is 2.91. The van der Waals surface area contributed by atoms with Gasteiger partial charge in [0, 0.05) is 25.7 Å². The molecule has 0 saturated carbocycles. The van der Waals surface area contributed by atoms with Crippen LogP contribution < -0.4 is 5.32 Å². The Balaban J connectivity index is 1.94. The van der Waals surface area contributed by atoms with Crippen LogP contribution in [-0.4, -0.2) is 54.6 Å². The number of piperidine rings is 1. The number of amides is 2. The summed E-state index contributed by atoms with van der Waals surface area (Å²) in [5, 5.41) is 3.33. The van der Waals surface area contributed by atoms with Gasteiger partial charge in [-0.2, -0.15) is 0 Å². The van der Waals surface area contributed by atoms with Gasteiger partial charge in [0.15, 0.2) is 0 Å². The topological polar surface area (TPSA) is 35.6 Å². The summed E-state index contributed by atoms with van der Waals surface area (Å²) in [5.74, 6) is 0. The largest absolute Gasteiger partial charge is 0.323 e. The van der Waals surface area contributed by atoms with Crippen LogP contribution in [0.3, 0.4) is 0 Å². The zero-order valence-electron chi connectivity index (χ0n) is 8.83. The van der Waals surface area contributed by atoms with Gasteiger partial charge in [-0.15, -0.1) is 0 Å². The van der Waals surface area contributed by atoms with Crippen molar-refractivity contribution in [3.8, 4) is 0 Å². The molecule has 0 aliphatic carbocycles. The molecule has 0 unspecified atom stereocenters. The van der Waals surface area contributed by atoms with Crippen LogP contribution in [-0.2, 0) is 0 Å². The highest BCUT2D eigenvalue weighted by Gasteiger charge is 2.32. The molecule has 2 amide bonds. The summed E-state index contributed by atoms with van der Waals surface area (Å²) in [7, 11) is 0. The number of likely N-dealkylation sites (N-methyl/N-ethyl adjacent to an activating group) is 1. The van der Waals surface area contributed by atoms with E-state index in [1.807, 2.05) is 11.8 Å². The van der Waals surface area contributed by atoms with E-state index in [1.54, 1.807) is 0 Å². The second kappa shape index (κ2) is 4.17. The summed E-state index contributed by atoms with van der Waals surface area (Å²) in [6.45, 7) is 6.85. The number of carbonyl (C=O) groups is 1. The van der Waals surface area contributed by atoms with Gasteiger partial charge >= 0.3 is 6.03 Å². The van der Waals surface area contributed by atoms with Gasteiger partial charge < -0.3 is 15.1 Å². The number of nitrogens with one attached hydrogen (secondary N) is 1. The molecule has 0 aromatic heterocycles. The SMILES string of the molecule is CCN1CCN(C2CCNCC2)C1=O. The average Bonchev–Trinajstić information content (AvgIpc) is 2.61. The molecule has 0 bridgehead atoms. The van der Waals surface area contributed by atoms with E-state index in [0.29, 0.717) is 6.04 Å². The van der Waals surface area contributed by atoms with Crippen molar-refractivity contribution in [2.24, 2.45) is 0 Å². The van der Waals surface area contributed by atoms with Crippen LogP contribution in [0, 0.1) is 0 Å². The van der Waals surface area contributed by atoms with E-state index in [2.05, 4.69) is 10.2 Å². The third-order valence-electron chi connectivity index (χ3n) is 3.26. The number of nitrogens with zero attached hydrogens (tertiary/aromatic N) is 2. The predicted octanol–water partition coefficient (Wildman–Crippen LogP) is 0.496. The standard InChI is InChI=1S/C10H19N3O/c1-2-12-7-8-13(10(12)14)9-3-5-11-6-4-9/h9,11H,2-8H2,1H3. The summed E-state index contributed by atoms with van der Waals surface area (Å²) >= 11 is 0. The molecule has 0 atom stereocenters. The monoisotopic (exact) mass is 197 g/mol. The van der Waals surface area contributed by atoms with E-state index in [4.69, 9.17) is 0 Å². The third kappa shape index (κ3) is 1.71. The third-order valence-corrected chi connectivity index (χ3v) is 3.26. The Morgan fingerprint density at radius 3 is 2.64 bits per heavy atom. The molecule has 2 fully saturated rings. The number of hydrogen-bond donors (Lipinski definition) is 1. The minimum absolute atomic E-state index is 0.249. The molecular formula is C10H19N3O. The fourth-order valence-electron chi connectivity index (χ4n) is 2.35. The smallest absolute Gasteiger partial charge is 0.320 e. The molecule has 1 N–H and O–H groups in total. The molecule has 14 heavy (non-hydrogen) atoms. The normalized spacial score (nSPS) is 24.8. The Bertz CT molecular complexity index is 213. The summed E-state index contributed by atoms with van der Waals surface area (Å²) in [6.07, 6.45) is 2.23. The quantitative estimate of drug-likeness (QED) is 0.699. The fraction of sp³-hybridized carbons (Fsp3) is 0.900. The van der Waals surface area contributed by atoms with Gasteiger partial charge in [-0.1, -0.05) is 0 Å². The molecule has 80 valence electrons. The first-order valence-electron chi connectivity index (χ1n) is 5.59. The van der Waals surface area contributed by atoms with Gasteiger partial charge in [0.2, 0.25) is 0 Å². The molecule has 4 heteroatoms. The molecule has 0 radical (unpaired) electrons. The van der Waals surface area contributed by atoms with Crippen LogP contribution in [0.1, 0.15) is 19.8 Å². The first-order chi connectivity index (χ1) is 6.83. The fourth-order valence-corrected chi connectivity index (χ4v) is 2.35. The number of urea groups is 1. The zero-order chi connectivity index (χ0) is 9.97. The minimum Gasteiger partial charge on any atom is -0.323 e. The highest BCUT2D eigenvalue weighted by molar-refractivity contribution is 5.76. The van der Waals surface area contributed by atoms with E-state index in [-0.39, 0.29) is 6.03 Å². The Morgan fingerprint density at radius 2 is 2.07 bits per heavy atom. The lowest BCUT2D eigenvalue weighted by atomic mass is 10.1. The first kappa shape index (κ1) is 9.77. The second-order valence-electron chi connectivity index (χ2n) is 4.04. The zero-order valence-corrected chi connectivity index (χ0v) is 8.83. The van der Waals surface area contributed by atoms with Gasteiger partial charge in [-0.25, -0.2) is 4.79 Å². The maximum absolute atomic E-state index is 11.9. The second-order valence-corrected chi connectivity index (χ2v) is 4.04. The first-order valence-corrected chi connectivity index (χ1v) is 5.59. The molecule has 2 aliphatic rings. The number of hydrogen-bond acceptors (Lipinski definition) is 2.